The number of carbonyl (C=O) groups is 1. The molecule has 0 amide bonds. The number of benzene rings is 1. The summed E-state index contributed by atoms with van der Waals surface area (Å²) in [7, 11) is 1.50. The maximum atomic E-state index is 11.1. The van der Waals surface area contributed by atoms with Crippen LogP contribution < -0.4 is 9.47 Å². The van der Waals surface area contributed by atoms with Gasteiger partial charge in [-0.05, 0) is 19.1 Å². The molecule has 19 heavy (non-hydrogen) atoms. The quantitative estimate of drug-likeness (QED) is 0.891. The average Bonchev–Trinajstić information content (AvgIpc) is 2.81. The minimum atomic E-state index is -1.06. The van der Waals surface area contributed by atoms with Crippen molar-refractivity contribution >= 4 is 5.97 Å². The van der Waals surface area contributed by atoms with Crippen molar-refractivity contribution in [3.63, 3.8) is 0 Å². The Morgan fingerprint density at radius 1 is 1.42 bits per heavy atom. The van der Waals surface area contributed by atoms with Crippen molar-refractivity contribution < 1.29 is 23.9 Å². The van der Waals surface area contributed by atoms with Gasteiger partial charge < -0.3 is 19.1 Å². The maximum absolute atomic E-state index is 11.1. The highest BCUT2D eigenvalue weighted by Gasteiger charge is 2.13. The number of aromatic carboxylic acids is 1. The van der Waals surface area contributed by atoms with Gasteiger partial charge in [0.15, 0.2) is 5.76 Å². The Morgan fingerprint density at radius 3 is 2.79 bits per heavy atom. The van der Waals surface area contributed by atoms with Gasteiger partial charge in [-0.1, -0.05) is 5.16 Å². The Morgan fingerprint density at radius 2 is 2.21 bits per heavy atom. The van der Waals surface area contributed by atoms with Gasteiger partial charge in [0.1, 0.15) is 23.7 Å². The van der Waals surface area contributed by atoms with Crippen LogP contribution in [-0.4, -0.2) is 23.3 Å². The molecule has 0 unspecified atom stereocenters. The van der Waals surface area contributed by atoms with Crippen LogP contribution in [0.4, 0.5) is 0 Å². The fraction of sp³-hybridized carbons (Fsp3) is 0.231. The van der Waals surface area contributed by atoms with Crippen LogP contribution in [0.1, 0.15) is 21.8 Å². The molecular formula is C13H13NO5. The summed E-state index contributed by atoms with van der Waals surface area (Å²) < 4.78 is 15.5. The molecule has 6 nitrogen and oxygen atoms in total. The summed E-state index contributed by atoms with van der Waals surface area (Å²) >= 11 is 0. The lowest BCUT2D eigenvalue weighted by atomic mass is 10.2. The Balaban J connectivity index is 2.19. The number of carboxylic acid groups (broad SMARTS) is 1. The number of aromatic nitrogens is 1. The second-order valence-electron chi connectivity index (χ2n) is 3.89. The van der Waals surface area contributed by atoms with Gasteiger partial charge in [0.05, 0.1) is 12.8 Å². The van der Waals surface area contributed by atoms with Gasteiger partial charge >= 0.3 is 5.97 Å². The maximum Gasteiger partial charge on any atom is 0.339 e. The molecule has 1 heterocycles. The van der Waals surface area contributed by atoms with Crippen molar-refractivity contribution in [3.05, 3.63) is 41.3 Å². The largest absolute Gasteiger partial charge is 0.497 e. The molecule has 0 spiro atoms. The van der Waals surface area contributed by atoms with Crippen molar-refractivity contribution in [1.29, 1.82) is 0 Å². The molecule has 1 aromatic carbocycles. The molecule has 2 rings (SSSR count). The lowest BCUT2D eigenvalue weighted by molar-refractivity contribution is 0.0691. The van der Waals surface area contributed by atoms with Gasteiger partial charge in [-0.2, -0.15) is 0 Å². The number of methoxy groups -OCH3 is 1. The highest BCUT2D eigenvalue weighted by molar-refractivity contribution is 5.91. The van der Waals surface area contributed by atoms with E-state index in [0.29, 0.717) is 11.5 Å². The van der Waals surface area contributed by atoms with Crippen molar-refractivity contribution in [2.75, 3.05) is 7.11 Å². The fourth-order valence-electron chi connectivity index (χ4n) is 1.56. The van der Waals surface area contributed by atoms with Crippen LogP contribution in [0.5, 0.6) is 11.5 Å². The van der Waals surface area contributed by atoms with E-state index in [-0.39, 0.29) is 17.9 Å². The predicted molar refractivity (Wildman–Crippen MR) is 65.5 cm³/mol. The first kappa shape index (κ1) is 12.9. The van der Waals surface area contributed by atoms with Crippen molar-refractivity contribution in [1.82, 2.24) is 5.16 Å². The third-order valence-corrected chi connectivity index (χ3v) is 2.47. The monoisotopic (exact) mass is 263 g/mol. The Hall–Kier alpha value is -2.50. The molecular weight excluding hydrogens is 250 g/mol. The van der Waals surface area contributed by atoms with Crippen molar-refractivity contribution in [3.8, 4) is 11.5 Å². The highest BCUT2D eigenvalue weighted by Crippen LogP contribution is 2.25. The molecule has 100 valence electrons. The molecule has 1 N–H and O–H groups in total. The van der Waals surface area contributed by atoms with E-state index in [1.165, 1.54) is 19.2 Å². The van der Waals surface area contributed by atoms with E-state index in [1.54, 1.807) is 19.1 Å². The first-order chi connectivity index (χ1) is 9.10. The van der Waals surface area contributed by atoms with E-state index >= 15 is 0 Å². The van der Waals surface area contributed by atoms with Gasteiger partial charge in [-0.3, -0.25) is 0 Å². The molecule has 0 atom stereocenters. The molecule has 6 heteroatoms. The zero-order chi connectivity index (χ0) is 13.8. The molecule has 0 radical (unpaired) electrons. The van der Waals surface area contributed by atoms with E-state index in [2.05, 4.69) is 5.16 Å². The van der Waals surface area contributed by atoms with E-state index in [4.69, 9.17) is 19.1 Å². The van der Waals surface area contributed by atoms with E-state index in [0.717, 1.165) is 5.69 Å². The molecule has 1 aromatic heterocycles. The number of carboxylic acids is 1. The van der Waals surface area contributed by atoms with Crippen molar-refractivity contribution in [2.45, 2.75) is 13.5 Å². The van der Waals surface area contributed by atoms with Crippen LogP contribution in [0.15, 0.2) is 28.8 Å². The highest BCUT2D eigenvalue weighted by atomic mass is 16.5. The molecule has 0 saturated heterocycles. The number of aryl methyl sites for hydroxylation is 1. The average molecular weight is 263 g/mol. The lowest BCUT2D eigenvalue weighted by Crippen LogP contribution is -2.03. The molecule has 0 aliphatic rings. The SMILES string of the molecule is COc1ccc(C(=O)O)c(OCc2cc(C)no2)c1. The number of ether oxygens (including phenoxy) is 2. The van der Waals surface area contributed by atoms with Crippen LogP contribution in [0, 0.1) is 6.92 Å². The van der Waals surface area contributed by atoms with Crippen LogP contribution in [0.2, 0.25) is 0 Å². The number of rotatable bonds is 5. The number of hydrogen-bond donors (Lipinski definition) is 1. The van der Waals surface area contributed by atoms with E-state index < -0.39 is 5.97 Å². The number of hydrogen-bond acceptors (Lipinski definition) is 5. The topological polar surface area (TPSA) is 81.8 Å². The van der Waals surface area contributed by atoms with Gasteiger partial charge in [-0.15, -0.1) is 0 Å². The molecule has 0 saturated carbocycles. The summed E-state index contributed by atoms with van der Waals surface area (Å²) in [6.45, 7) is 1.90. The van der Waals surface area contributed by atoms with Crippen LogP contribution >= 0.6 is 0 Å². The third-order valence-electron chi connectivity index (χ3n) is 2.47. The smallest absolute Gasteiger partial charge is 0.339 e. The van der Waals surface area contributed by atoms with E-state index in [9.17, 15) is 4.79 Å². The van der Waals surface area contributed by atoms with Gasteiger partial charge in [0.25, 0.3) is 0 Å². The van der Waals surface area contributed by atoms with Gasteiger partial charge in [-0.25, -0.2) is 4.79 Å². The first-order valence-corrected chi connectivity index (χ1v) is 5.56. The Kier molecular flexibility index (Phi) is 3.70. The second kappa shape index (κ2) is 5.43. The van der Waals surface area contributed by atoms with Crippen LogP contribution in [-0.2, 0) is 6.61 Å². The summed E-state index contributed by atoms with van der Waals surface area (Å²) in [5.74, 6) is 0.206. The van der Waals surface area contributed by atoms with Crippen LogP contribution in [0.25, 0.3) is 0 Å². The summed E-state index contributed by atoms with van der Waals surface area (Å²) in [6, 6.07) is 6.24. The molecule has 0 aliphatic heterocycles. The van der Waals surface area contributed by atoms with E-state index in [1.807, 2.05) is 0 Å². The van der Waals surface area contributed by atoms with Crippen molar-refractivity contribution in [2.24, 2.45) is 0 Å². The summed E-state index contributed by atoms with van der Waals surface area (Å²) in [6.07, 6.45) is 0. The third kappa shape index (κ3) is 3.04. The standard InChI is InChI=1S/C13H13NO5/c1-8-5-10(19-14-8)7-18-12-6-9(17-2)3-4-11(12)13(15)16/h3-6H,7H2,1-2H3,(H,15,16). The van der Waals surface area contributed by atoms with Crippen LogP contribution in [0.3, 0.4) is 0 Å². The predicted octanol–water partition coefficient (Wildman–Crippen LogP) is 2.27. The molecule has 0 aliphatic carbocycles. The molecule has 2 aromatic rings. The normalized spacial score (nSPS) is 10.2. The molecule has 0 fully saturated rings. The zero-order valence-corrected chi connectivity index (χ0v) is 10.5. The summed E-state index contributed by atoms with van der Waals surface area (Å²) in [4.78, 5) is 11.1. The zero-order valence-electron chi connectivity index (χ0n) is 10.5. The lowest BCUT2D eigenvalue weighted by Gasteiger charge is -2.09. The van der Waals surface area contributed by atoms with Gasteiger partial charge in [0, 0.05) is 12.1 Å². The minimum absolute atomic E-state index is 0.0667. The Labute approximate surface area is 109 Å². The van der Waals surface area contributed by atoms with Gasteiger partial charge in [0.2, 0.25) is 0 Å². The molecule has 0 bridgehead atoms. The summed E-state index contributed by atoms with van der Waals surface area (Å²) in [5.41, 5.74) is 0.805. The first-order valence-electron chi connectivity index (χ1n) is 5.56. The number of nitrogens with zero attached hydrogens (tertiary/aromatic N) is 1. The second-order valence-corrected chi connectivity index (χ2v) is 3.89. The fourth-order valence-corrected chi connectivity index (χ4v) is 1.56. The summed E-state index contributed by atoms with van der Waals surface area (Å²) in [5, 5.41) is 12.8. The minimum Gasteiger partial charge on any atom is -0.497 e. The Bertz CT molecular complexity index is 590.